The molecule has 1 aromatic carbocycles. The Labute approximate surface area is 151 Å². The van der Waals surface area contributed by atoms with E-state index in [9.17, 15) is 53.4 Å². The first-order valence-electron chi connectivity index (χ1n) is 7.48. The molecule has 2 nitrogen and oxygen atoms in total. The highest BCUT2D eigenvalue weighted by Gasteiger charge is 2.89. The van der Waals surface area contributed by atoms with Gasteiger partial charge in [-0.2, -0.15) is 43.9 Å². The lowest BCUT2D eigenvalue weighted by molar-refractivity contribution is -0.427. The lowest BCUT2D eigenvalue weighted by Gasteiger charge is -2.40. The normalized spacial score (nSPS) is 15.6. The van der Waals surface area contributed by atoms with Crippen molar-refractivity contribution in [1.82, 2.24) is 5.32 Å². The molecular formula is C15H14F11NO. The molecule has 0 aromatic heterocycles. The maximum Gasteiger partial charge on any atom is 0.438 e. The van der Waals surface area contributed by atoms with Crippen molar-refractivity contribution in [3.8, 4) is 0 Å². The van der Waals surface area contributed by atoms with E-state index in [1.807, 2.05) is 0 Å². The molecule has 2 N–H and O–H groups in total. The highest BCUT2D eigenvalue weighted by molar-refractivity contribution is 5.14. The lowest BCUT2D eigenvalue weighted by Crippen LogP contribution is -2.70. The Balaban J connectivity index is 2.92. The second kappa shape index (κ2) is 8.01. The van der Waals surface area contributed by atoms with Crippen LogP contribution < -0.4 is 5.32 Å². The number of benzene rings is 1. The van der Waals surface area contributed by atoms with Gasteiger partial charge in [0, 0.05) is 19.5 Å². The molecule has 0 aliphatic carbocycles. The molecule has 162 valence electrons. The van der Waals surface area contributed by atoms with Crippen LogP contribution in [-0.2, 0) is 6.54 Å². The molecule has 13 heteroatoms. The summed E-state index contributed by atoms with van der Waals surface area (Å²) in [6.45, 7) is -0.949. The number of aliphatic hydroxyl groups is 1. The fourth-order valence-electron chi connectivity index (χ4n) is 2.24. The Hall–Kier alpha value is -1.63. The van der Waals surface area contributed by atoms with Crippen LogP contribution in [0.5, 0.6) is 0 Å². The van der Waals surface area contributed by atoms with Crippen molar-refractivity contribution in [3.05, 3.63) is 35.9 Å². The van der Waals surface area contributed by atoms with Crippen LogP contribution in [0.15, 0.2) is 30.3 Å². The van der Waals surface area contributed by atoms with Gasteiger partial charge in [0.2, 0.25) is 0 Å². The Bertz CT molecular complexity index is 613. The van der Waals surface area contributed by atoms with Crippen molar-refractivity contribution in [2.24, 2.45) is 0 Å². The van der Waals surface area contributed by atoms with E-state index in [-0.39, 0.29) is 6.54 Å². The zero-order valence-electron chi connectivity index (χ0n) is 13.7. The van der Waals surface area contributed by atoms with Gasteiger partial charge in [0.1, 0.15) is 0 Å². The van der Waals surface area contributed by atoms with E-state index < -0.39 is 48.9 Å². The number of hydrogen-bond donors (Lipinski definition) is 2. The topological polar surface area (TPSA) is 32.3 Å². The second-order valence-corrected chi connectivity index (χ2v) is 5.91. The number of rotatable bonds is 8. The Kier molecular flexibility index (Phi) is 6.98. The minimum atomic E-state index is -7.51. The van der Waals surface area contributed by atoms with Crippen molar-refractivity contribution in [3.63, 3.8) is 0 Å². The Morgan fingerprint density at radius 1 is 0.786 bits per heavy atom. The van der Waals surface area contributed by atoms with Crippen LogP contribution in [0, 0.1) is 0 Å². The van der Waals surface area contributed by atoms with Crippen LogP contribution >= 0.6 is 0 Å². The molecule has 0 aliphatic rings. The average Bonchev–Trinajstić information content (AvgIpc) is 2.52. The van der Waals surface area contributed by atoms with E-state index in [0.717, 1.165) is 0 Å². The first kappa shape index (κ1) is 24.4. The van der Waals surface area contributed by atoms with Crippen molar-refractivity contribution in [1.29, 1.82) is 0 Å². The van der Waals surface area contributed by atoms with Gasteiger partial charge < -0.3 is 10.4 Å². The molecule has 1 aromatic rings. The molecule has 0 radical (unpaired) electrons. The van der Waals surface area contributed by atoms with Gasteiger partial charge in [0.05, 0.1) is 6.10 Å². The summed E-state index contributed by atoms with van der Waals surface area (Å²) < 4.78 is 142. The van der Waals surface area contributed by atoms with Crippen LogP contribution in [0.25, 0.3) is 0 Å². The molecule has 0 amide bonds. The van der Waals surface area contributed by atoms with E-state index in [1.165, 1.54) is 0 Å². The molecule has 0 fully saturated rings. The number of alkyl halides is 11. The van der Waals surface area contributed by atoms with Crippen LogP contribution in [0.1, 0.15) is 12.0 Å². The van der Waals surface area contributed by atoms with Gasteiger partial charge in [-0.05, 0) is 5.56 Å². The standard InChI is InChI=1S/C15H14F11NO/c16-11(17,6-10(28)8-27-7-9-4-2-1-3-5-9)13(19,20)12(18,14(21,22)23)15(24,25)26/h1-5,10,27-28H,6-8H2/t10-/m1/s1. The fraction of sp³-hybridized carbons (Fsp3) is 0.600. The Morgan fingerprint density at radius 3 is 1.68 bits per heavy atom. The first-order valence-corrected chi connectivity index (χ1v) is 7.48. The molecule has 0 saturated carbocycles. The molecule has 0 spiro atoms. The van der Waals surface area contributed by atoms with E-state index in [1.54, 1.807) is 30.3 Å². The van der Waals surface area contributed by atoms with Gasteiger partial charge in [0.25, 0.3) is 0 Å². The van der Waals surface area contributed by atoms with Crippen molar-refractivity contribution >= 4 is 0 Å². The highest BCUT2D eigenvalue weighted by Crippen LogP contribution is 2.59. The molecule has 0 unspecified atom stereocenters. The first-order chi connectivity index (χ1) is 12.5. The zero-order valence-corrected chi connectivity index (χ0v) is 13.7. The van der Waals surface area contributed by atoms with E-state index in [2.05, 4.69) is 5.32 Å². The van der Waals surface area contributed by atoms with Gasteiger partial charge >= 0.3 is 29.9 Å². The van der Waals surface area contributed by atoms with Gasteiger partial charge in [-0.1, -0.05) is 30.3 Å². The van der Waals surface area contributed by atoms with Crippen molar-refractivity contribution < 1.29 is 53.4 Å². The summed E-state index contributed by atoms with van der Waals surface area (Å²) in [7, 11) is 0. The van der Waals surface area contributed by atoms with Crippen molar-refractivity contribution in [2.45, 2.75) is 48.9 Å². The van der Waals surface area contributed by atoms with Crippen LogP contribution in [0.4, 0.5) is 48.3 Å². The summed E-state index contributed by atoms with van der Waals surface area (Å²) in [6, 6.07) is 7.89. The molecule has 28 heavy (non-hydrogen) atoms. The largest absolute Gasteiger partial charge is 0.438 e. The van der Waals surface area contributed by atoms with E-state index in [0.29, 0.717) is 5.56 Å². The van der Waals surface area contributed by atoms with Crippen LogP contribution in [-0.4, -0.2) is 47.6 Å². The highest BCUT2D eigenvalue weighted by atomic mass is 19.4. The van der Waals surface area contributed by atoms with Crippen molar-refractivity contribution in [2.75, 3.05) is 6.54 Å². The van der Waals surface area contributed by atoms with Gasteiger partial charge in [-0.15, -0.1) is 0 Å². The fourth-order valence-corrected chi connectivity index (χ4v) is 2.24. The molecule has 0 bridgehead atoms. The molecule has 0 saturated heterocycles. The quantitative estimate of drug-likeness (QED) is 0.586. The average molecular weight is 433 g/mol. The minimum absolute atomic E-state index is 0.0714. The van der Waals surface area contributed by atoms with Gasteiger partial charge in [-0.3, -0.25) is 0 Å². The summed E-state index contributed by atoms with van der Waals surface area (Å²) in [5.74, 6) is -13.4. The molecule has 0 aliphatic heterocycles. The number of hydrogen-bond acceptors (Lipinski definition) is 2. The number of aliphatic hydroxyl groups excluding tert-OH is 1. The molecule has 0 heterocycles. The molecule has 1 rings (SSSR count). The Morgan fingerprint density at radius 2 is 1.25 bits per heavy atom. The summed E-state index contributed by atoms with van der Waals surface area (Å²) in [4.78, 5) is 0. The maximum atomic E-state index is 13.6. The predicted molar refractivity (Wildman–Crippen MR) is 74.6 cm³/mol. The van der Waals surface area contributed by atoms with Gasteiger partial charge in [-0.25, -0.2) is 4.39 Å². The maximum absolute atomic E-state index is 13.6. The third-order valence-corrected chi connectivity index (χ3v) is 3.72. The smallest absolute Gasteiger partial charge is 0.392 e. The SMILES string of the molecule is O[C@@H](CNCc1ccccc1)CC(F)(F)C(F)(F)C(F)(C(F)(F)F)C(F)(F)F. The number of halogens is 11. The molecular weight excluding hydrogens is 419 g/mol. The summed E-state index contributed by atoms with van der Waals surface area (Å²) in [5, 5.41) is 11.6. The van der Waals surface area contributed by atoms with Crippen LogP contribution in [0.2, 0.25) is 0 Å². The predicted octanol–water partition coefficient (Wildman–Crippen LogP) is 4.63. The zero-order chi connectivity index (χ0) is 22.0. The second-order valence-electron chi connectivity index (χ2n) is 5.91. The van der Waals surface area contributed by atoms with Crippen LogP contribution in [0.3, 0.4) is 0 Å². The molecule has 1 atom stereocenters. The monoisotopic (exact) mass is 433 g/mol. The third kappa shape index (κ3) is 4.67. The third-order valence-electron chi connectivity index (χ3n) is 3.72. The number of nitrogens with one attached hydrogen (secondary N) is 1. The van der Waals surface area contributed by atoms with E-state index in [4.69, 9.17) is 0 Å². The lowest BCUT2D eigenvalue weighted by atomic mass is 9.88. The minimum Gasteiger partial charge on any atom is -0.392 e. The summed E-state index contributed by atoms with van der Waals surface area (Å²) in [5.41, 5.74) is -6.95. The summed E-state index contributed by atoms with van der Waals surface area (Å²) >= 11 is 0. The summed E-state index contributed by atoms with van der Waals surface area (Å²) in [6.07, 6.45) is -19.8. The van der Waals surface area contributed by atoms with E-state index >= 15 is 0 Å². The van der Waals surface area contributed by atoms with Gasteiger partial charge in [0.15, 0.2) is 0 Å².